The Balaban J connectivity index is 1.91. The van der Waals surface area contributed by atoms with Crippen LogP contribution in [0.2, 0.25) is 0 Å². The van der Waals surface area contributed by atoms with Gasteiger partial charge in [-0.2, -0.15) is 0 Å². The SMILES string of the molecule is CC[C@H]1c2c(c(OC)c(C)c(OC)c2OC)C=C2C3c4c(OC)c(OC)c(C)c(C)c4C(C)C(C(C)N21)N3C. The van der Waals surface area contributed by atoms with Crippen LogP contribution in [0.1, 0.15) is 84.1 Å². The maximum absolute atomic E-state index is 6.16. The molecule has 0 saturated carbocycles. The van der Waals surface area contributed by atoms with Crippen molar-refractivity contribution in [3.8, 4) is 28.7 Å². The summed E-state index contributed by atoms with van der Waals surface area (Å²) in [6, 6.07) is 0.669. The molecule has 7 heteroatoms. The van der Waals surface area contributed by atoms with Gasteiger partial charge in [0.1, 0.15) is 5.75 Å². The van der Waals surface area contributed by atoms with Crippen LogP contribution in [0, 0.1) is 20.8 Å². The molecule has 0 amide bonds. The van der Waals surface area contributed by atoms with Crippen molar-refractivity contribution in [3.63, 3.8) is 0 Å². The lowest BCUT2D eigenvalue weighted by atomic mass is 9.70. The van der Waals surface area contributed by atoms with E-state index in [0.29, 0.717) is 12.0 Å². The van der Waals surface area contributed by atoms with Crippen molar-refractivity contribution in [1.82, 2.24) is 9.80 Å². The second-order valence-corrected chi connectivity index (χ2v) is 11.2. The van der Waals surface area contributed by atoms with Crippen LogP contribution in [0.25, 0.3) is 6.08 Å². The number of fused-ring (bicyclic) bond motifs is 7. The summed E-state index contributed by atoms with van der Waals surface area (Å²) >= 11 is 0. The number of methoxy groups -OCH3 is 5. The Labute approximate surface area is 233 Å². The van der Waals surface area contributed by atoms with E-state index in [1.54, 1.807) is 35.5 Å². The average Bonchev–Trinajstić information content (AvgIpc) is 2.92. The number of benzene rings is 2. The molecule has 2 bridgehead atoms. The van der Waals surface area contributed by atoms with E-state index in [1.807, 2.05) is 6.92 Å². The summed E-state index contributed by atoms with van der Waals surface area (Å²) in [5.74, 6) is 4.33. The summed E-state index contributed by atoms with van der Waals surface area (Å²) in [4.78, 5) is 5.18. The average molecular weight is 537 g/mol. The molecule has 3 aliphatic rings. The number of likely N-dealkylation sites (N-methyl/N-ethyl adjacent to an activating group) is 1. The van der Waals surface area contributed by atoms with Crippen LogP contribution in [0.3, 0.4) is 0 Å². The molecule has 1 fully saturated rings. The normalized spacial score (nSPS) is 25.3. The molecule has 2 aromatic carbocycles. The molecular formula is C32H44N2O5. The highest BCUT2D eigenvalue weighted by Gasteiger charge is 2.54. The molecule has 0 spiro atoms. The predicted octanol–water partition coefficient (Wildman–Crippen LogP) is 6.32. The van der Waals surface area contributed by atoms with Crippen molar-refractivity contribution in [3.05, 3.63) is 44.6 Å². The summed E-state index contributed by atoms with van der Waals surface area (Å²) in [5, 5.41) is 0. The first-order chi connectivity index (χ1) is 18.6. The van der Waals surface area contributed by atoms with E-state index in [9.17, 15) is 0 Å². The number of nitrogens with zero attached hydrogens (tertiary/aromatic N) is 2. The molecule has 0 aromatic heterocycles. The Bertz CT molecular complexity index is 1350. The van der Waals surface area contributed by atoms with Gasteiger partial charge >= 0.3 is 0 Å². The molecule has 212 valence electrons. The number of ether oxygens (including phenoxy) is 5. The molecule has 39 heavy (non-hydrogen) atoms. The van der Waals surface area contributed by atoms with Gasteiger partial charge in [0.2, 0.25) is 0 Å². The maximum atomic E-state index is 6.16. The zero-order chi connectivity index (χ0) is 28.5. The van der Waals surface area contributed by atoms with E-state index < -0.39 is 0 Å². The van der Waals surface area contributed by atoms with Crippen LogP contribution in [0.4, 0.5) is 0 Å². The van der Waals surface area contributed by atoms with Gasteiger partial charge in [-0.15, -0.1) is 0 Å². The van der Waals surface area contributed by atoms with E-state index in [1.165, 1.54) is 22.4 Å². The number of hydrogen-bond donors (Lipinski definition) is 0. The highest BCUT2D eigenvalue weighted by Crippen LogP contribution is 2.61. The second kappa shape index (κ2) is 9.84. The van der Waals surface area contributed by atoms with Crippen molar-refractivity contribution in [2.75, 3.05) is 42.6 Å². The van der Waals surface area contributed by atoms with Gasteiger partial charge < -0.3 is 28.6 Å². The van der Waals surface area contributed by atoms with Crippen LogP contribution >= 0.6 is 0 Å². The van der Waals surface area contributed by atoms with Gasteiger partial charge in [-0.25, -0.2) is 0 Å². The molecule has 0 radical (unpaired) electrons. The first kappa shape index (κ1) is 27.5. The Morgan fingerprint density at radius 3 is 1.77 bits per heavy atom. The Morgan fingerprint density at radius 2 is 1.23 bits per heavy atom. The summed E-state index contributed by atoms with van der Waals surface area (Å²) in [6.45, 7) is 13.4. The molecule has 3 aliphatic heterocycles. The van der Waals surface area contributed by atoms with Crippen molar-refractivity contribution in [2.24, 2.45) is 0 Å². The molecular weight excluding hydrogens is 492 g/mol. The molecule has 3 heterocycles. The Kier molecular flexibility index (Phi) is 6.94. The van der Waals surface area contributed by atoms with E-state index in [0.717, 1.165) is 57.4 Å². The topological polar surface area (TPSA) is 52.6 Å². The summed E-state index contributed by atoms with van der Waals surface area (Å²) in [6.07, 6.45) is 3.24. The van der Waals surface area contributed by atoms with Crippen molar-refractivity contribution in [2.45, 2.75) is 78.0 Å². The fraction of sp³-hybridized carbons (Fsp3) is 0.562. The van der Waals surface area contributed by atoms with E-state index >= 15 is 0 Å². The van der Waals surface area contributed by atoms with E-state index in [4.69, 9.17) is 23.7 Å². The molecule has 1 saturated heterocycles. The van der Waals surface area contributed by atoms with Gasteiger partial charge in [0.25, 0.3) is 0 Å². The quantitative estimate of drug-likeness (QED) is 0.428. The third kappa shape index (κ3) is 3.44. The lowest BCUT2D eigenvalue weighted by Crippen LogP contribution is -2.62. The summed E-state index contributed by atoms with van der Waals surface area (Å²) < 4.78 is 30.1. The number of hydrogen-bond acceptors (Lipinski definition) is 7. The minimum atomic E-state index is 0.000795. The lowest BCUT2D eigenvalue weighted by molar-refractivity contribution is -0.00815. The zero-order valence-electron chi connectivity index (χ0n) is 25.6. The fourth-order valence-electron chi connectivity index (χ4n) is 8.18. The minimum absolute atomic E-state index is 0.000795. The van der Waals surface area contributed by atoms with Gasteiger partial charge in [0, 0.05) is 40.0 Å². The molecule has 0 N–H and O–H groups in total. The van der Waals surface area contributed by atoms with Crippen molar-refractivity contribution < 1.29 is 23.7 Å². The fourth-order valence-corrected chi connectivity index (χ4v) is 8.18. The number of piperazine rings is 1. The van der Waals surface area contributed by atoms with Crippen LogP contribution in [0.5, 0.6) is 28.7 Å². The Morgan fingerprint density at radius 1 is 0.692 bits per heavy atom. The summed E-state index contributed by atoms with van der Waals surface area (Å²) in [7, 11) is 10.9. The maximum Gasteiger partial charge on any atom is 0.167 e. The molecule has 0 aliphatic carbocycles. The first-order valence-corrected chi connectivity index (χ1v) is 13.9. The molecule has 5 atom stereocenters. The van der Waals surface area contributed by atoms with Crippen LogP contribution in [-0.4, -0.2) is 64.5 Å². The number of rotatable bonds is 6. The van der Waals surface area contributed by atoms with Crippen molar-refractivity contribution in [1.29, 1.82) is 0 Å². The van der Waals surface area contributed by atoms with E-state index in [-0.39, 0.29) is 18.1 Å². The monoisotopic (exact) mass is 536 g/mol. The smallest absolute Gasteiger partial charge is 0.167 e. The van der Waals surface area contributed by atoms with Gasteiger partial charge in [-0.1, -0.05) is 13.8 Å². The molecule has 2 aromatic rings. The van der Waals surface area contributed by atoms with Gasteiger partial charge in [0.15, 0.2) is 23.0 Å². The highest BCUT2D eigenvalue weighted by molar-refractivity contribution is 5.77. The Hall–Kier alpha value is -3.06. The predicted molar refractivity (Wildman–Crippen MR) is 155 cm³/mol. The first-order valence-electron chi connectivity index (χ1n) is 13.9. The third-order valence-electron chi connectivity index (χ3n) is 9.71. The van der Waals surface area contributed by atoms with E-state index in [2.05, 4.69) is 57.5 Å². The molecule has 5 rings (SSSR count). The summed E-state index contributed by atoms with van der Waals surface area (Å²) in [5.41, 5.74) is 9.44. The van der Waals surface area contributed by atoms with Crippen LogP contribution in [0.15, 0.2) is 5.70 Å². The van der Waals surface area contributed by atoms with Crippen LogP contribution < -0.4 is 23.7 Å². The molecule has 4 unspecified atom stereocenters. The third-order valence-corrected chi connectivity index (χ3v) is 9.71. The zero-order valence-corrected chi connectivity index (χ0v) is 25.6. The molecule has 7 nitrogen and oxygen atoms in total. The largest absolute Gasteiger partial charge is 0.496 e. The van der Waals surface area contributed by atoms with Gasteiger partial charge in [0.05, 0.1) is 47.6 Å². The standard InChI is InChI=1S/C32H44N2O5/c1-13-21-24-20(28(35-8)18(5)30(37-10)31(24)38-11)14-22-27-25-23(15(2)16(3)29(36-9)32(25)39-12)17(4)26(33(27)7)19(6)34(21)22/h14,17,19,21,26-27H,13H2,1-12H3/t17?,19?,21-,26?,27?/m0/s1. The highest BCUT2D eigenvalue weighted by atomic mass is 16.5. The second-order valence-electron chi connectivity index (χ2n) is 11.2. The minimum Gasteiger partial charge on any atom is -0.496 e. The lowest BCUT2D eigenvalue weighted by Gasteiger charge is -2.60. The van der Waals surface area contributed by atoms with Gasteiger partial charge in [-0.05, 0) is 69.8 Å². The van der Waals surface area contributed by atoms with Crippen LogP contribution in [-0.2, 0) is 0 Å². The van der Waals surface area contributed by atoms with Crippen molar-refractivity contribution >= 4 is 6.08 Å². The van der Waals surface area contributed by atoms with Gasteiger partial charge in [-0.3, -0.25) is 4.90 Å².